The molecule has 0 saturated carbocycles. The smallest absolute Gasteiger partial charge is 0.183 e. The van der Waals surface area contributed by atoms with Crippen LogP contribution in [0.15, 0.2) is 11.1 Å². The van der Waals surface area contributed by atoms with Gasteiger partial charge in [0.25, 0.3) is 0 Å². The van der Waals surface area contributed by atoms with E-state index in [1.165, 1.54) is 4.88 Å². The van der Waals surface area contributed by atoms with Gasteiger partial charge in [0.05, 0.1) is 5.69 Å². The fraction of sp³-hybridized carbons (Fsp3) is 0.375. The Morgan fingerprint density at radius 3 is 2.75 bits per heavy atom. The van der Waals surface area contributed by atoms with Crippen molar-refractivity contribution in [2.24, 2.45) is 0 Å². The Kier molecular flexibility index (Phi) is 3.29. The highest BCUT2D eigenvalue weighted by atomic mass is 79.9. The number of nitrogens with one attached hydrogen (secondary N) is 1. The molecule has 0 radical (unpaired) electrons. The molecule has 0 fully saturated rings. The summed E-state index contributed by atoms with van der Waals surface area (Å²) in [7, 11) is 0. The normalized spacial score (nSPS) is 9.92. The first kappa shape index (κ1) is 9.74. The molecule has 1 aromatic rings. The van der Waals surface area contributed by atoms with Crippen LogP contribution in [0.1, 0.15) is 10.6 Å². The lowest BCUT2D eigenvalue weighted by Crippen LogP contribution is -1.99. The van der Waals surface area contributed by atoms with E-state index in [4.69, 9.17) is 0 Å². The molecule has 1 aromatic heterocycles. The zero-order valence-electron chi connectivity index (χ0n) is 7.15. The summed E-state index contributed by atoms with van der Waals surface area (Å²) in [6.45, 7) is 8.54. The van der Waals surface area contributed by atoms with Crippen molar-refractivity contribution >= 4 is 32.4 Å². The second kappa shape index (κ2) is 4.05. The Balaban J connectivity index is 2.58. The van der Waals surface area contributed by atoms with Crippen LogP contribution in [0.3, 0.4) is 0 Å². The van der Waals surface area contributed by atoms with Gasteiger partial charge in [0.1, 0.15) is 0 Å². The van der Waals surface area contributed by atoms with Gasteiger partial charge in [-0.05, 0) is 13.8 Å². The van der Waals surface area contributed by atoms with Crippen LogP contribution in [0.2, 0.25) is 0 Å². The maximum absolute atomic E-state index is 4.33. The summed E-state index contributed by atoms with van der Waals surface area (Å²) in [5.41, 5.74) is 1.10. The van der Waals surface area contributed by atoms with E-state index in [2.05, 4.69) is 39.7 Å². The molecule has 0 atom stereocenters. The van der Waals surface area contributed by atoms with Crippen molar-refractivity contribution in [3.05, 3.63) is 21.6 Å². The molecule has 0 aromatic carbocycles. The highest BCUT2D eigenvalue weighted by molar-refractivity contribution is 9.11. The fourth-order valence-corrected chi connectivity index (χ4v) is 1.67. The monoisotopic (exact) mass is 246 g/mol. The molecule has 12 heavy (non-hydrogen) atoms. The van der Waals surface area contributed by atoms with Crippen LogP contribution >= 0.6 is 27.3 Å². The Morgan fingerprint density at radius 1 is 1.67 bits per heavy atom. The SMILES string of the molecule is C=C(Br)CNc1nc(C)c(C)s1. The molecule has 1 N–H and O–H groups in total. The van der Waals surface area contributed by atoms with Gasteiger partial charge in [-0.1, -0.05) is 22.5 Å². The van der Waals surface area contributed by atoms with Crippen molar-refractivity contribution in [2.75, 3.05) is 11.9 Å². The summed E-state index contributed by atoms with van der Waals surface area (Å²) in [4.78, 5) is 5.59. The van der Waals surface area contributed by atoms with Crippen LogP contribution in [0.25, 0.3) is 0 Å². The second-order valence-corrected chi connectivity index (χ2v) is 4.86. The van der Waals surface area contributed by atoms with Gasteiger partial charge in [-0.3, -0.25) is 0 Å². The number of halogens is 1. The van der Waals surface area contributed by atoms with Crippen LogP contribution in [0.5, 0.6) is 0 Å². The number of nitrogens with zero attached hydrogens (tertiary/aromatic N) is 1. The lowest BCUT2D eigenvalue weighted by molar-refractivity contribution is 1.20. The van der Waals surface area contributed by atoms with Crippen LogP contribution in [0, 0.1) is 13.8 Å². The first-order valence-electron chi connectivity index (χ1n) is 3.61. The van der Waals surface area contributed by atoms with Gasteiger partial charge in [-0.15, -0.1) is 11.3 Å². The van der Waals surface area contributed by atoms with Gasteiger partial charge >= 0.3 is 0 Å². The molecule has 1 heterocycles. The van der Waals surface area contributed by atoms with Crippen molar-refractivity contribution in [1.82, 2.24) is 4.98 Å². The molecule has 0 bridgehead atoms. The van der Waals surface area contributed by atoms with E-state index in [-0.39, 0.29) is 0 Å². The lowest BCUT2D eigenvalue weighted by Gasteiger charge is -1.98. The first-order chi connectivity index (χ1) is 5.59. The highest BCUT2D eigenvalue weighted by Gasteiger charge is 2.01. The fourth-order valence-electron chi connectivity index (χ4n) is 0.720. The van der Waals surface area contributed by atoms with Crippen molar-refractivity contribution in [2.45, 2.75) is 13.8 Å². The molecule has 2 nitrogen and oxygen atoms in total. The van der Waals surface area contributed by atoms with Crippen molar-refractivity contribution in [3.8, 4) is 0 Å². The Bertz CT molecular complexity index is 274. The van der Waals surface area contributed by atoms with Gasteiger partial charge in [0.2, 0.25) is 0 Å². The van der Waals surface area contributed by atoms with Gasteiger partial charge in [0, 0.05) is 15.9 Å². The predicted molar refractivity (Wildman–Crippen MR) is 58.1 cm³/mol. The van der Waals surface area contributed by atoms with E-state index < -0.39 is 0 Å². The molecular formula is C8H11BrN2S. The van der Waals surface area contributed by atoms with Gasteiger partial charge in [0.15, 0.2) is 5.13 Å². The molecule has 0 unspecified atom stereocenters. The molecule has 4 heteroatoms. The van der Waals surface area contributed by atoms with E-state index in [0.29, 0.717) is 0 Å². The summed E-state index contributed by atoms with van der Waals surface area (Å²) in [6.07, 6.45) is 0. The topological polar surface area (TPSA) is 24.9 Å². The number of hydrogen-bond acceptors (Lipinski definition) is 3. The van der Waals surface area contributed by atoms with Crippen molar-refractivity contribution in [3.63, 3.8) is 0 Å². The molecule has 0 saturated heterocycles. The average molecular weight is 247 g/mol. The summed E-state index contributed by atoms with van der Waals surface area (Å²) >= 11 is 4.95. The van der Waals surface area contributed by atoms with E-state index >= 15 is 0 Å². The molecule has 0 aliphatic rings. The first-order valence-corrected chi connectivity index (χ1v) is 5.21. The van der Waals surface area contributed by atoms with Crippen molar-refractivity contribution in [1.29, 1.82) is 0 Å². The number of aromatic nitrogens is 1. The predicted octanol–water partition coefficient (Wildman–Crippen LogP) is 3.08. The third-order valence-corrected chi connectivity index (χ3v) is 2.77. The van der Waals surface area contributed by atoms with Gasteiger partial charge < -0.3 is 5.32 Å². The number of aryl methyl sites for hydroxylation is 2. The lowest BCUT2D eigenvalue weighted by atomic mass is 10.4. The van der Waals surface area contributed by atoms with E-state index in [1.807, 2.05) is 6.92 Å². The Morgan fingerprint density at radius 2 is 2.33 bits per heavy atom. The quantitative estimate of drug-likeness (QED) is 0.887. The zero-order valence-corrected chi connectivity index (χ0v) is 9.55. The van der Waals surface area contributed by atoms with E-state index in [0.717, 1.165) is 21.9 Å². The van der Waals surface area contributed by atoms with Crippen LogP contribution < -0.4 is 5.32 Å². The number of anilines is 1. The highest BCUT2D eigenvalue weighted by Crippen LogP contribution is 2.21. The van der Waals surface area contributed by atoms with Gasteiger partial charge in [-0.25, -0.2) is 4.98 Å². The largest absolute Gasteiger partial charge is 0.357 e. The second-order valence-electron chi connectivity index (χ2n) is 2.53. The number of hydrogen-bond donors (Lipinski definition) is 1. The van der Waals surface area contributed by atoms with Crippen LogP contribution in [-0.2, 0) is 0 Å². The molecule has 0 aliphatic carbocycles. The molecular weight excluding hydrogens is 236 g/mol. The summed E-state index contributed by atoms with van der Waals surface area (Å²) < 4.78 is 0.938. The van der Waals surface area contributed by atoms with E-state index in [9.17, 15) is 0 Å². The standard InChI is InChI=1S/C8H11BrN2S/c1-5(9)4-10-8-11-6(2)7(3)12-8/h1,4H2,2-3H3,(H,10,11). The molecule has 0 amide bonds. The third-order valence-electron chi connectivity index (χ3n) is 1.46. The molecule has 0 spiro atoms. The van der Waals surface area contributed by atoms with E-state index in [1.54, 1.807) is 11.3 Å². The summed E-state index contributed by atoms with van der Waals surface area (Å²) in [6, 6.07) is 0. The zero-order chi connectivity index (χ0) is 9.14. The Labute approximate surface area is 84.8 Å². The molecule has 1 rings (SSSR count). The minimum Gasteiger partial charge on any atom is -0.357 e. The Hall–Kier alpha value is -0.350. The minimum absolute atomic E-state index is 0.729. The summed E-state index contributed by atoms with van der Waals surface area (Å²) in [5.74, 6) is 0. The maximum Gasteiger partial charge on any atom is 0.183 e. The van der Waals surface area contributed by atoms with Crippen molar-refractivity contribution < 1.29 is 0 Å². The molecule has 66 valence electrons. The maximum atomic E-state index is 4.33. The molecule has 0 aliphatic heterocycles. The number of rotatable bonds is 3. The summed E-state index contributed by atoms with van der Waals surface area (Å²) in [5, 5.41) is 4.13. The minimum atomic E-state index is 0.729. The van der Waals surface area contributed by atoms with Gasteiger partial charge in [-0.2, -0.15) is 0 Å². The third kappa shape index (κ3) is 2.60. The number of thiazole rings is 1. The average Bonchev–Trinajstić information content (AvgIpc) is 2.28. The van der Waals surface area contributed by atoms with Crippen LogP contribution in [0.4, 0.5) is 5.13 Å². The van der Waals surface area contributed by atoms with Crippen LogP contribution in [-0.4, -0.2) is 11.5 Å².